The van der Waals surface area contributed by atoms with Gasteiger partial charge in [0.05, 0.1) is 5.75 Å². The first-order valence-electron chi connectivity index (χ1n) is 6.72. The Hall–Kier alpha value is -0.910. The van der Waals surface area contributed by atoms with Crippen LogP contribution in [0.2, 0.25) is 0 Å². The summed E-state index contributed by atoms with van der Waals surface area (Å²) < 4.78 is 25.7. The normalized spacial score (nSPS) is 12.0. The van der Waals surface area contributed by atoms with E-state index in [9.17, 15) is 8.42 Å². The van der Waals surface area contributed by atoms with Crippen molar-refractivity contribution in [3.8, 4) is 0 Å². The monoisotopic (exact) mass is 284 g/mol. The minimum Gasteiger partial charge on any atom is -0.313 e. The van der Waals surface area contributed by atoms with E-state index in [1.807, 2.05) is 38.1 Å². The van der Waals surface area contributed by atoms with Crippen LogP contribution in [0.5, 0.6) is 0 Å². The average Bonchev–Trinajstić information content (AvgIpc) is 2.36. The zero-order valence-electron chi connectivity index (χ0n) is 12.0. The van der Waals surface area contributed by atoms with Crippen LogP contribution in [0.3, 0.4) is 0 Å². The highest BCUT2D eigenvalue weighted by Crippen LogP contribution is 2.12. The standard InChI is InChI=1S/C14H24N2O2S/c1-4-9-16(3)19(17,18)12-14-8-6-7-13(10-14)11-15-5-2/h6-8,10,15H,4-5,9,11-12H2,1-3H3. The molecule has 0 radical (unpaired) electrons. The van der Waals surface area contributed by atoms with Crippen molar-refractivity contribution in [2.24, 2.45) is 0 Å². The van der Waals surface area contributed by atoms with Crippen LogP contribution >= 0.6 is 0 Å². The van der Waals surface area contributed by atoms with Gasteiger partial charge in [0.2, 0.25) is 10.0 Å². The molecule has 0 bridgehead atoms. The first-order valence-corrected chi connectivity index (χ1v) is 8.33. The lowest BCUT2D eigenvalue weighted by Gasteiger charge is -2.16. The molecule has 0 aliphatic rings. The van der Waals surface area contributed by atoms with Crippen molar-refractivity contribution in [3.63, 3.8) is 0 Å². The summed E-state index contributed by atoms with van der Waals surface area (Å²) in [5.41, 5.74) is 1.96. The van der Waals surface area contributed by atoms with Gasteiger partial charge < -0.3 is 5.32 Å². The van der Waals surface area contributed by atoms with E-state index in [0.717, 1.165) is 30.6 Å². The molecule has 108 valence electrons. The van der Waals surface area contributed by atoms with Gasteiger partial charge in [-0.25, -0.2) is 12.7 Å². The van der Waals surface area contributed by atoms with Gasteiger partial charge >= 0.3 is 0 Å². The van der Waals surface area contributed by atoms with Crippen LogP contribution in [0.4, 0.5) is 0 Å². The maximum absolute atomic E-state index is 12.1. The number of benzene rings is 1. The second-order valence-corrected chi connectivity index (χ2v) is 6.75. The smallest absolute Gasteiger partial charge is 0.218 e. The molecule has 0 saturated carbocycles. The number of sulfonamides is 1. The van der Waals surface area contributed by atoms with E-state index >= 15 is 0 Å². The molecule has 0 heterocycles. The predicted molar refractivity (Wildman–Crippen MR) is 79.4 cm³/mol. The number of rotatable bonds is 8. The van der Waals surface area contributed by atoms with Crippen LogP contribution in [-0.4, -0.2) is 32.9 Å². The molecule has 0 atom stereocenters. The van der Waals surface area contributed by atoms with Gasteiger partial charge in [-0.05, 0) is 24.1 Å². The van der Waals surface area contributed by atoms with Crippen LogP contribution in [0.15, 0.2) is 24.3 Å². The van der Waals surface area contributed by atoms with Crippen LogP contribution in [0, 0.1) is 0 Å². The molecule has 0 fully saturated rings. The third-order valence-corrected chi connectivity index (χ3v) is 4.76. The summed E-state index contributed by atoms with van der Waals surface area (Å²) in [6.07, 6.45) is 0.830. The Kier molecular flexibility index (Phi) is 6.48. The SMILES string of the molecule is CCCN(C)S(=O)(=O)Cc1cccc(CNCC)c1. The Balaban J connectivity index is 2.76. The maximum atomic E-state index is 12.1. The summed E-state index contributed by atoms with van der Waals surface area (Å²) in [4.78, 5) is 0. The fourth-order valence-corrected chi connectivity index (χ4v) is 3.16. The molecule has 0 aliphatic carbocycles. The van der Waals surface area contributed by atoms with E-state index < -0.39 is 10.0 Å². The first kappa shape index (κ1) is 16.1. The topological polar surface area (TPSA) is 49.4 Å². The molecule has 0 unspecified atom stereocenters. The summed E-state index contributed by atoms with van der Waals surface area (Å²) in [6, 6.07) is 7.75. The van der Waals surface area contributed by atoms with E-state index in [-0.39, 0.29) is 5.75 Å². The van der Waals surface area contributed by atoms with Gasteiger partial charge in [-0.15, -0.1) is 0 Å². The Bertz CT molecular complexity index is 486. The molecule has 4 nitrogen and oxygen atoms in total. The lowest BCUT2D eigenvalue weighted by molar-refractivity contribution is 0.467. The van der Waals surface area contributed by atoms with Crippen molar-refractivity contribution < 1.29 is 8.42 Å². The molecule has 19 heavy (non-hydrogen) atoms. The molecule has 1 aromatic rings. The number of nitrogens with one attached hydrogen (secondary N) is 1. The molecule has 1 N–H and O–H groups in total. The molecule has 5 heteroatoms. The number of hydrogen-bond donors (Lipinski definition) is 1. The molecule has 1 aromatic carbocycles. The van der Waals surface area contributed by atoms with Gasteiger partial charge in [-0.2, -0.15) is 0 Å². The van der Waals surface area contributed by atoms with Crippen LogP contribution < -0.4 is 5.32 Å². The molecule has 0 amide bonds. The molecule has 1 rings (SSSR count). The zero-order chi connectivity index (χ0) is 14.3. The third kappa shape index (κ3) is 5.30. The Morgan fingerprint density at radius 3 is 2.53 bits per heavy atom. The Morgan fingerprint density at radius 1 is 1.21 bits per heavy atom. The van der Waals surface area contributed by atoms with Gasteiger partial charge in [0, 0.05) is 20.1 Å². The van der Waals surface area contributed by atoms with Crippen molar-refractivity contribution in [2.75, 3.05) is 20.1 Å². The van der Waals surface area contributed by atoms with Crippen molar-refractivity contribution in [1.82, 2.24) is 9.62 Å². The summed E-state index contributed by atoms with van der Waals surface area (Å²) in [7, 11) is -1.56. The van der Waals surface area contributed by atoms with Gasteiger partial charge in [-0.1, -0.05) is 38.1 Å². The van der Waals surface area contributed by atoms with Crippen molar-refractivity contribution in [2.45, 2.75) is 32.6 Å². The fourth-order valence-electron chi connectivity index (χ4n) is 1.87. The fraction of sp³-hybridized carbons (Fsp3) is 0.571. The molecule has 0 aliphatic heterocycles. The minimum atomic E-state index is -3.20. The average molecular weight is 284 g/mol. The molecule has 0 aromatic heterocycles. The number of nitrogens with zero attached hydrogens (tertiary/aromatic N) is 1. The highest BCUT2D eigenvalue weighted by atomic mass is 32.2. The summed E-state index contributed by atoms with van der Waals surface area (Å²) in [5.74, 6) is 0.0729. The van der Waals surface area contributed by atoms with Gasteiger partial charge in [0.25, 0.3) is 0 Å². The van der Waals surface area contributed by atoms with E-state index in [0.29, 0.717) is 6.54 Å². The zero-order valence-corrected chi connectivity index (χ0v) is 12.8. The van der Waals surface area contributed by atoms with Crippen molar-refractivity contribution in [3.05, 3.63) is 35.4 Å². The second-order valence-electron chi connectivity index (χ2n) is 4.68. The van der Waals surface area contributed by atoms with Crippen LogP contribution in [-0.2, 0) is 22.3 Å². The first-order chi connectivity index (χ1) is 8.99. The maximum Gasteiger partial charge on any atom is 0.218 e. The third-order valence-electron chi connectivity index (χ3n) is 2.93. The Labute approximate surface area is 116 Å². The molecule has 0 spiro atoms. The van der Waals surface area contributed by atoms with Crippen molar-refractivity contribution >= 4 is 10.0 Å². The highest BCUT2D eigenvalue weighted by molar-refractivity contribution is 7.88. The minimum absolute atomic E-state index is 0.0729. The van der Waals surface area contributed by atoms with E-state index in [1.165, 1.54) is 4.31 Å². The molecular weight excluding hydrogens is 260 g/mol. The lowest BCUT2D eigenvalue weighted by atomic mass is 10.1. The lowest BCUT2D eigenvalue weighted by Crippen LogP contribution is -2.28. The quantitative estimate of drug-likeness (QED) is 0.794. The highest BCUT2D eigenvalue weighted by Gasteiger charge is 2.17. The summed E-state index contributed by atoms with van der Waals surface area (Å²) >= 11 is 0. The Morgan fingerprint density at radius 2 is 1.89 bits per heavy atom. The summed E-state index contributed by atoms with van der Waals surface area (Å²) in [6.45, 7) is 6.27. The second kappa shape index (κ2) is 7.62. The van der Waals surface area contributed by atoms with E-state index in [1.54, 1.807) is 7.05 Å². The van der Waals surface area contributed by atoms with Crippen molar-refractivity contribution in [1.29, 1.82) is 0 Å². The van der Waals surface area contributed by atoms with Gasteiger partial charge in [0.1, 0.15) is 0 Å². The van der Waals surface area contributed by atoms with Crippen LogP contribution in [0.25, 0.3) is 0 Å². The van der Waals surface area contributed by atoms with Gasteiger partial charge in [-0.3, -0.25) is 0 Å². The number of hydrogen-bond acceptors (Lipinski definition) is 3. The van der Waals surface area contributed by atoms with Gasteiger partial charge in [0.15, 0.2) is 0 Å². The van der Waals surface area contributed by atoms with Crippen LogP contribution in [0.1, 0.15) is 31.4 Å². The van der Waals surface area contributed by atoms with E-state index in [2.05, 4.69) is 5.32 Å². The predicted octanol–water partition coefficient (Wildman–Crippen LogP) is 1.97. The summed E-state index contributed by atoms with van der Waals surface area (Å²) in [5, 5.41) is 3.24. The molecular formula is C14H24N2O2S. The van der Waals surface area contributed by atoms with E-state index in [4.69, 9.17) is 0 Å². The molecule has 0 saturated heterocycles. The largest absolute Gasteiger partial charge is 0.313 e.